The monoisotopic (exact) mass is 490 g/mol. The highest BCUT2D eigenvalue weighted by atomic mass is 35.5. The van der Waals surface area contributed by atoms with Gasteiger partial charge in [-0.15, -0.1) is 10.2 Å². The summed E-state index contributed by atoms with van der Waals surface area (Å²) in [5, 5.41) is 12.7. The molecule has 0 radical (unpaired) electrons. The Morgan fingerprint density at radius 1 is 1.25 bits per heavy atom. The summed E-state index contributed by atoms with van der Waals surface area (Å²) in [6.45, 7) is 4.10. The molecule has 3 aromatic rings. The van der Waals surface area contributed by atoms with E-state index in [-0.39, 0.29) is 17.8 Å². The van der Waals surface area contributed by atoms with Gasteiger partial charge in [0.15, 0.2) is 16.8 Å². The van der Waals surface area contributed by atoms with E-state index in [1.54, 1.807) is 18.5 Å². The van der Waals surface area contributed by atoms with Crippen LogP contribution in [-0.4, -0.2) is 35.9 Å². The van der Waals surface area contributed by atoms with Crippen molar-refractivity contribution in [2.45, 2.75) is 56.0 Å². The molecule has 0 aromatic carbocycles. The predicted molar refractivity (Wildman–Crippen MR) is 128 cm³/mol. The Kier molecular flexibility index (Phi) is 7.33. The number of halogens is 2. The third-order valence-corrected chi connectivity index (χ3v) is 7.23. The highest BCUT2D eigenvalue weighted by Gasteiger charge is 2.30. The lowest BCUT2D eigenvalue weighted by Gasteiger charge is -2.31. The molecule has 1 amide bonds. The number of pyridine rings is 2. The van der Waals surface area contributed by atoms with Crippen molar-refractivity contribution in [3.05, 3.63) is 46.8 Å². The molecule has 32 heavy (non-hydrogen) atoms. The molecular weight excluding hydrogens is 467 g/mol. The van der Waals surface area contributed by atoms with Crippen LogP contribution in [-0.2, 0) is 4.79 Å². The summed E-state index contributed by atoms with van der Waals surface area (Å²) in [6, 6.07) is 5.70. The zero-order chi connectivity index (χ0) is 22.7. The number of amides is 1. The molecule has 168 valence electrons. The van der Waals surface area contributed by atoms with E-state index in [9.17, 15) is 4.79 Å². The lowest BCUT2D eigenvalue weighted by molar-refractivity contribution is -0.115. The van der Waals surface area contributed by atoms with E-state index in [0.29, 0.717) is 16.0 Å². The maximum Gasteiger partial charge on any atom is 0.238 e. The standard InChI is InChI=1S/C22H24Cl2N6OS/c1-13-6-3-4-8-18(13)30-20(15-7-5-9-25-11-15)28-29-22(30)32-14(2)21(31)27-19-17(24)10-16(23)12-26-19/h5,7,9-14,18H,3-4,6,8H2,1-2H3,(H,26,27,31). The summed E-state index contributed by atoms with van der Waals surface area (Å²) in [7, 11) is 0. The maximum absolute atomic E-state index is 12.9. The first kappa shape index (κ1) is 23.0. The zero-order valence-corrected chi connectivity index (χ0v) is 20.2. The van der Waals surface area contributed by atoms with Gasteiger partial charge in [0.25, 0.3) is 0 Å². The van der Waals surface area contributed by atoms with E-state index in [4.69, 9.17) is 23.2 Å². The summed E-state index contributed by atoms with van der Waals surface area (Å²) in [5.74, 6) is 1.35. The highest BCUT2D eigenvalue weighted by Crippen LogP contribution is 2.39. The Morgan fingerprint density at radius 3 is 2.78 bits per heavy atom. The van der Waals surface area contributed by atoms with Gasteiger partial charge in [-0.3, -0.25) is 14.3 Å². The summed E-state index contributed by atoms with van der Waals surface area (Å²) < 4.78 is 2.20. The molecule has 3 atom stereocenters. The van der Waals surface area contributed by atoms with Crippen molar-refractivity contribution in [3.63, 3.8) is 0 Å². The summed E-state index contributed by atoms with van der Waals surface area (Å²) in [6.07, 6.45) is 9.61. The molecule has 0 saturated heterocycles. The van der Waals surface area contributed by atoms with E-state index >= 15 is 0 Å². The van der Waals surface area contributed by atoms with E-state index < -0.39 is 5.25 Å². The molecule has 10 heteroatoms. The normalized spacial score (nSPS) is 19.5. The van der Waals surface area contributed by atoms with Gasteiger partial charge in [-0.25, -0.2) is 4.98 Å². The molecule has 1 saturated carbocycles. The number of carbonyl (C=O) groups excluding carboxylic acids is 1. The molecule has 1 aliphatic rings. The molecule has 3 unspecified atom stereocenters. The first-order chi connectivity index (χ1) is 15.4. The Bertz CT molecular complexity index is 1090. The van der Waals surface area contributed by atoms with Crippen LogP contribution in [0.2, 0.25) is 10.0 Å². The van der Waals surface area contributed by atoms with Crippen LogP contribution in [0.15, 0.2) is 41.9 Å². The number of carbonyl (C=O) groups is 1. The molecular formula is C22H24Cl2N6OS. The van der Waals surface area contributed by atoms with Gasteiger partial charge in [-0.05, 0) is 43.9 Å². The van der Waals surface area contributed by atoms with Gasteiger partial charge < -0.3 is 5.32 Å². The lowest BCUT2D eigenvalue weighted by Crippen LogP contribution is -2.25. The Balaban J connectivity index is 1.60. The van der Waals surface area contributed by atoms with Gasteiger partial charge in [-0.1, -0.05) is 54.7 Å². The second-order valence-electron chi connectivity index (χ2n) is 7.98. The summed E-state index contributed by atoms with van der Waals surface area (Å²) >= 11 is 13.4. The van der Waals surface area contributed by atoms with E-state index in [1.165, 1.54) is 30.8 Å². The smallest absolute Gasteiger partial charge is 0.238 e. The number of anilines is 1. The predicted octanol–water partition coefficient (Wildman–Crippen LogP) is 5.91. The quantitative estimate of drug-likeness (QED) is 0.432. The minimum Gasteiger partial charge on any atom is -0.308 e. The fourth-order valence-corrected chi connectivity index (χ4v) is 5.30. The molecule has 1 fully saturated rings. The van der Waals surface area contributed by atoms with Gasteiger partial charge in [0, 0.05) is 30.2 Å². The average molecular weight is 491 g/mol. The van der Waals surface area contributed by atoms with Crippen LogP contribution in [0, 0.1) is 5.92 Å². The zero-order valence-electron chi connectivity index (χ0n) is 17.8. The third-order valence-electron chi connectivity index (χ3n) is 5.68. The van der Waals surface area contributed by atoms with Crippen molar-refractivity contribution < 1.29 is 4.79 Å². The second-order valence-corrected chi connectivity index (χ2v) is 10.1. The highest BCUT2D eigenvalue weighted by molar-refractivity contribution is 8.00. The number of nitrogens with one attached hydrogen (secondary N) is 1. The van der Waals surface area contributed by atoms with Crippen molar-refractivity contribution in [2.75, 3.05) is 5.32 Å². The molecule has 3 aromatic heterocycles. The fraction of sp³-hybridized carbons (Fsp3) is 0.409. The number of nitrogens with zero attached hydrogens (tertiary/aromatic N) is 5. The van der Waals surface area contributed by atoms with Gasteiger partial charge in [0.05, 0.1) is 15.3 Å². The SMILES string of the molecule is CC(Sc1nnc(-c2cccnc2)n1C1CCCCC1C)C(=O)Nc1ncc(Cl)cc1Cl. The average Bonchev–Trinajstić information content (AvgIpc) is 3.19. The van der Waals surface area contributed by atoms with Gasteiger partial charge in [-0.2, -0.15) is 0 Å². The molecule has 1 aliphatic carbocycles. The number of hydrogen-bond donors (Lipinski definition) is 1. The van der Waals surface area contributed by atoms with Crippen LogP contribution in [0.25, 0.3) is 11.4 Å². The number of aromatic nitrogens is 5. The Hall–Kier alpha value is -2.16. The second kappa shape index (κ2) is 10.2. The molecule has 7 nitrogen and oxygen atoms in total. The molecule has 0 aliphatic heterocycles. The van der Waals surface area contributed by atoms with Crippen LogP contribution < -0.4 is 5.32 Å². The largest absolute Gasteiger partial charge is 0.308 e. The topological polar surface area (TPSA) is 85.6 Å². The van der Waals surface area contributed by atoms with Gasteiger partial charge in [0.1, 0.15) is 0 Å². The Labute approximate surface area is 201 Å². The maximum atomic E-state index is 12.9. The van der Waals surface area contributed by atoms with Gasteiger partial charge in [0.2, 0.25) is 5.91 Å². The number of hydrogen-bond acceptors (Lipinski definition) is 6. The Morgan fingerprint density at radius 2 is 2.06 bits per heavy atom. The summed E-state index contributed by atoms with van der Waals surface area (Å²) in [4.78, 5) is 21.2. The molecule has 3 heterocycles. The van der Waals surface area contributed by atoms with Crippen LogP contribution in [0.4, 0.5) is 5.82 Å². The van der Waals surface area contributed by atoms with E-state index in [0.717, 1.165) is 29.4 Å². The van der Waals surface area contributed by atoms with Crippen molar-refractivity contribution in [1.82, 2.24) is 24.7 Å². The summed E-state index contributed by atoms with van der Waals surface area (Å²) in [5.41, 5.74) is 0.916. The molecule has 0 spiro atoms. The van der Waals surface area contributed by atoms with Gasteiger partial charge >= 0.3 is 0 Å². The van der Waals surface area contributed by atoms with Crippen LogP contribution in [0.5, 0.6) is 0 Å². The van der Waals surface area contributed by atoms with Crippen molar-refractivity contribution in [1.29, 1.82) is 0 Å². The van der Waals surface area contributed by atoms with Crippen molar-refractivity contribution >= 4 is 46.7 Å². The van der Waals surface area contributed by atoms with E-state index in [2.05, 4.69) is 37.0 Å². The van der Waals surface area contributed by atoms with Crippen LogP contribution >= 0.6 is 35.0 Å². The third kappa shape index (κ3) is 5.08. The fourth-order valence-electron chi connectivity index (χ4n) is 3.96. The van der Waals surface area contributed by atoms with Crippen LogP contribution in [0.3, 0.4) is 0 Å². The molecule has 0 bridgehead atoms. The van der Waals surface area contributed by atoms with Crippen molar-refractivity contribution in [2.24, 2.45) is 5.92 Å². The lowest BCUT2D eigenvalue weighted by atomic mass is 9.85. The van der Waals surface area contributed by atoms with Crippen LogP contribution in [0.1, 0.15) is 45.6 Å². The first-order valence-electron chi connectivity index (χ1n) is 10.6. The minimum atomic E-state index is -0.438. The first-order valence-corrected chi connectivity index (χ1v) is 12.2. The molecule has 4 rings (SSSR count). The van der Waals surface area contributed by atoms with E-state index in [1.807, 2.05) is 19.1 Å². The number of rotatable bonds is 6. The molecule has 1 N–H and O–H groups in total. The van der Waals surface area contributed by atoms with Crippen molar-refractivity contribution in [3.8, 4) is 11.4 Å². The number of thioether (sulfide) groups is 1. The minimum absolute atomic E-state index is 0.221.